The third-order valence-corrected chi connectivity index (χ3v) is 1.72. The maximum atomic E-state index is 11.2. The van der Waals surface area contributed by atoms with Crippen LogP contribution in [0, 0.1) is 0 Å². The van der Waals surface area contributed by atoms with Gasteiger partial charge in [0.15, 0.2) is 5.69 Å². The number of ether oxygens (including phenoxy) is 2. The van der Waals surface area contributed by atoms with Crippen LogP contribution in [0.4, 0.5) is 0 Å². The average molecular weight is 225 g/mol. The fraction of sp³-hybridized carbons (Fsp3) is 0.455. The van der Waals surface area contributed by atoms with Crippen LogP contribution in [0.25, 0.3) is 0 Å². The van der Waals surface area contributed by atoms with E-state index >= 15 is 0 Å². The fourth-order valence-electron chi connectivity index (χ4n) is 0.935. The summed E-state index contributed by atoms with van der Waals surface area (Å²) in [4.78, 5) is 15.1. The highest BCUT2D eigenvalue weighted by Gasteiger charge is 2.13. The Morgan fingerprint density at radius 1 is 1.62 bits per heavy atom. The summed E-state index contributed by atoms with van der Waals surface area (Å²) in [5.74, 6) is -0.513. The molecule has 0 bridgehead atoms. The van der Waals surface area contributed by atoms with Crippen LogP contribution in [0.3, 0.4) is 0 Å². The molecule has 1 aromatic heterocycles. The number of hydrogen-bond donors (Lipinski definition) is 0. The number of carbonyl (C=O) groups excluding carboxylic acids is 1. The van der Waals surface area contributed by atoms with E-state index in [1.165, 1.54) is 6.26 Å². The molecule has 16 heavy (non-hydrogen) atoms. The maximum Gasteiger partial charge on any atom is 0.394 e. The molecule has 0 N–H and O–H groups in total. The van der Waals surface area contributed by atoms with Crippen LogP contribution in [0.1, 0.15) is 30.8 Å². The van der Waals surface area contributed by atoms with E-state index in [-0.39, 0.29) is 11.8 Å². The largest absolute Gasteiger partial charge is 0.461 e. The van der Waals surface area contributed by atoms with Gasteiger partial charge in [0.2, 0.25) is 0 Å². The van der Waals surface area contributed by atoms with Gasteiger partial charge in [-0.05, 0) is 13.8 Å². The first-order valence-corrected chi connectivity index (χ1v) is 5.03. The topological polar surface area (TPSA) is 61.6 Å². The number of aromatic nitrogens is 1. The minimum Gasteiger partial charge on any atom is -0.461 e. The van der Waals surface area contributed by atoms with Gasteiger partial charge in [-0.3, -0.25) is 0 Å². The standard InChI is InChI=1S/C11H15NO4/c1-4-14-10(13)9-7-16-11(12-9)15-6-5-8(2)3/h7H,2,4-6H2,1,3H3. The summed E-state index contributed by atoms with van der Waals surface area (Å²) in [7, 11) is 0. The van der Waals surface area contributed by atoms with Crippen molar-refractivity contribution in [3.63, 3.8) is 0 Å². The van der Waals surface area contributed by atoms with Crippen molar-refractivity contribution < 1.29 is 18.7 Å². The molecule has 1 aromatic rings. The lowest BCUT2D eigenvalue weighted by molar-refractivity contribution is 0.0519. The quantitative estimate of drug-likeness (QED) is 0.548. The average Bonchev–Trinajstić information content (AvgIpc) is 2.66. The smallest absolute Gasteiger partial charge is 0.394 e. The molecule has 88 valence electrons. The minimum atomic E-state index is -0.513. The predicted molar refractivity (Wildman–Crippen MR) is 57.4 cm³/mol. The lowest BCUT2D eigenvalue weighted by atomic mass is 10.3. The Morgan fingerprint density at radius 3 is 3.00 bits per heavy atom. The van der Waals surface area contributed by atoms with Crippen LogP contribution in [-0.4, -0.2) is 24.2 Å². The Morgan fingerprint density at radius 2 is 2.38 bits per heavy atom. The SMILES string of the molecule is C=C(C)CCOc1nc(C(=O)OCC)co1. The van der Waals surface area contributed by atoms with Crippen molar-refractivity contribution in [2.75, 3.05) is 13.2 Å². The number of oxazole rings is 1. The molecule has 0 atom stereocenters. The fourth-order valence-corrected chi connectivity index (χ4v) is 0.935. The first-order chi connectivity index (χ1) is 7.63. The maximum absolute atomic E-state index is 11.2. The second-order valence-electron chi connectivity index (χ2n) is 3.27. The molecule has 0 saturated heterocycles. The minimum absolute atomic E-state index is 0.0734. The highest BCUT2D eigenvalue weighted by atomic mass is 16.6. The van der Waals surface area contributed by atoms with Crippen molar-refractivity contribution in [1.82, 2.24) is 4.98 Å². The second-order valence-corrected chi connectivity index (χ2v) is 3.27. The van der Waals surface area contributed by atoms with Crippen LogP contribution >= 0.6 is 0 Å². The van der Waals surface area contributed by atoms with E-state index in [0.29, 0.717) is 13.2 Å². The summed E-state index contributed by atoms with van der Waals surface area (Å²) in [6.45, 7) is 8.10. The van der Waals surface area contributed by atoms with Gasteiger partial charge < -0.3 is 13.9 Å². The number of carbonyl (C=O) groups is 1. The van der Waals surface area contributed by atoms with E-state index in [1.807, 2.05) is 6.92 Å². The van der Waals surface area contributed by atoms with Gasteiger partial charge in [-0.2, -0.15) is 4.98 Å². The van der Waals surface area contributed by atoms with Crippen molar-refractivity contribution >= 4 is 5.97 Å². The van der Waals surface area contributed by atoms with E-state index in [9.17, 15) is 4.79 Å². The zero-order valence-electron chi connectivity index (χ0n) is 9.49. The molecule has 1 heterocycles. The molecule has 0 spiro atoms. The second kappa shape index (κ2) is 5.95. The van der Waals surface area contributed by atoms with E-state index in [2.05, 4.69) is 11.6 Å². The molecule has 0 saturated carbocycles. The highest BCUT2D eigenvalue weighted by molar-refractivity contribution is 5.86. The number of rotatable bonds is 6. The van der Waals surface area contributed by atoms with Gasteiger partial charge in [0, 0.05) is 6.42 Å². The first kappa shape index (κ1) is 12.3. The van der Waals surface area contributed by atoms with Crippen molar-refractivity contribution in [2.45, 2.75) is 20.3 Å². The number of esters is 1. The molecule has 0 aliphatic heterocycles. The third-order valence-electron chi connectivity index (χ3n) is 1.72. The zero-order valence-corrected chi connectivity index (χ0v) is 9.49. The van der Waals surface area contributed by atoms with Crippen LogP contribution in [-0.2, 0) is 4.74 Å². The van der Waals surface area contributed by atoms with Crippen LogP contribution < -0.4 is 4.74 Å². The molecule has 0 amide bonds. The van der Waals surface area contributed by atoms with Crippen molar-refractivity contribution in [3.05, 3.63) is 24.1 Å². The van der Waals surface area contributed by atoms with Gasteiger partial charge in [0.05, 0.1) is 13.2 Å². The third kappa shape index (κ3) is 3.76. The van der Waals surface area contributed by atoms with E-state index in [0.717, 1.165) is 12.0 Å². The normalized spacial score (nSPS) is 9.88. The predicted octanol–water partition coefficient (Wildman–Crippen LogP) is 2.20. The lowest BCUT2D eigenvalue weighted by Crippen LogP contribution is -2.05. The van der Waals surface area contributed by atoms with Gasteiger partial charge >= 0.3 is 12.0 Å². The molecule has 0 aliphatic carbocycles. The molecule has 5 nitrogen and oxygen atoms in total. The van der Waals surface area contributed by atoms with E-state index < -0.39 is 5.97 Å². The van der Waals surface area contributed by atoms with Gasteiger partial charge in [-0.1, -0.05) is 5.57 Å². The Hall–Kier alpha value is -1.78. The van der Waals surface area contributed by atoms with Crippen LogP contribution in [0.15, 0.2) is 22.8 Å². The summed E-state index contributed by atoms with van der Waals surface area (Å²) >= 11 is 0. The summed E-state index contributed by atoms with van der Waals surface area (Å²) in [6, 6.07) is 0. The Labute approximate surface area is 94.1 Å². The van der Waals surface area contributed by atoms with Crippen molar-refractivity contribution in [2.24, 2.45) is 0 Å². The molecule has 0 aliphatic rings. The lowest BCUT2D eigenvalue weighted by Gasteiger charge is -1.99. The molecule has 0 aromatic carbocycles. The van der Waals surface area contributed by atoms with Crippen molar-refractivity contribution in [1.29, 1.82) is 0 Å². The van der Waals surface area contributed by atoms with Crippen LogP contribution in [0.2, 0.25) is 0 Å². The Bertz CT molecular complexity index is 370. The molecule has 0 fully saturated rings. The molecule has 1 rings (SSSR count). The van der Waals surface area contributed by atoms with Gasteiger partial charge in [-0.15, -0.1) is 6.58 Å². The molecular weight excluding hydrogens is 210 g/mol. The highest BCUT2D eigenvalue weighted by Crippen LogP contribution is 2.11. The summed E-state index contributed by atoms with van der Waals surface area (Å²) in [6.07, 6.45) is 2.01. The monoisotopic (exact) mass is 225 g/mol. The van der Waals surface area contributed by atoms with E-state index in [4.69, 9.17) is 13.9 Å². The first-order valence-electron chi connectivity index (χ1n) is 5.03. The number of nitrogens with zero attached hydrogens (tertiary/aromatic N) is 1. The summed E-state index contributed by atoms with van der Waals surface area (Å²) in [5, 5.41) is 0. The van der Waals surface area contributed by atoms with Crippen molar-refractivity contribution in [3.8, 4) is 6.08 Å². The molecule has 0 radical (unpaired) electrons. The van der Waals surface area contributed by atoms with Gasteiger partial charge in [0.25, 0.3) is 0 Å². The Kier molecular flexibility index (Phi) is 4.57. The van der Waals surface area contributed by atoms with Gasteiger partial charge in [0.1, 0.15) is 6.26 Å². The molecule has 0 unspecified atom stereocenters. The molecule has 5 heteroatoms. The zero-order chi connectivity index (χ0) is 12.0. The molecular formula is C11H15NO4. The van der Waals surface area contributed by atoms with Gasteiger partial charge in [-0.25, -0.2) is 4.79 Å². The Balaban J connectivity index is 2.45. The van der Waals surface area contributed by atoms with Crippen LogP contribution in [0.5, 0.6) is 6.08 Å². The van der Waals surface area contributed by atoms with E-state index in [1.54, 1.807) is 6.92 Å². The number of hydrogen-bond acceptors (Lipinski definition) is 5. The summed E-state index contributed by atoms with van der Waals surface area (Å²) < 4.78 is 14.9. The summed E-state index contributed by atoms with van der Waals surface area (Å²) in [5.41, 5.74) is 1.13.